The maximum atomic E-state index is 6.08. The molecule has 2 aromatic rings. The van der Waals surface area contributed by atoms with Crippen molar-refractivity contribution < 1.29 is 14.0 Å². The molecule has 1 aliphatic heterocycles. The van der Waals surface area contributed by atoms with E-state index in [-0.39, 0.29) is 11.2 Å². The highest BCUT2D eigenvalue weighted by molar-refractivity contribution is 6.76. The Balaban J connectivity index is 1.68. The van der Waals surface area contributed by atoms with E-state index in [0.717, 1.165) is 18.1 Å². The van der Waals surface area contributed by atoms with Crippen LogP contribution in [0.15, 0.2) is 12.3 Å². The number of nitrogens with zero attached hydrogens (tertiary/aromatic N) is 4. The normalized spacial score (nSPS) is 19.4. The SMILES string of the molecule is CC1(C)OB(c2cnc3nn(COCC[Si](C)(C)C)nc3c2)OC1(C)C. The van der Waals surface area contributed by atoms with Gasteiger partial charge in [-0.05, 0) is 39.8 Å². The molecule has 0 spiro atoms. The van der Waals surface area contributed by atoms with Crippen LogP contribution in [0.1, 0.15) is 27.7 Å². The topological polar surface area (TPSA) is 71.3 Å². The first-order valence-corrected chi connectivity index (χ1v) is 12.8. The summed E-state index contributed by atoms with van der Waals surface area (Å²) in [5.74, 6) is 0. The van der Waals surface area contributed by atoms with Crippen LogP contribution in [-0.4, -0.2) is 53.0 Å². The van der Waals surface area contributed by atoms with Gasteiger partial charge < -0.3 is 14.0 Å². The highest BCUT2D eigenvalue weighted by atomic mass is 28.3. The minimum Gasteiger partial charge on any atom is -0.399 e. The Morgan fingerprint density at radius 2 is 1.77 bits per heavy atom. The van der Waals surface area contributed by atoms with E-state index in [2.05, 4.69) is 34.8 Å². The lowest BCUT2D eigenvalue weighted by Gasteiger charge is -2.32. The summed E-state index contributed by atoms with van der Waals surface area (Å²) in [6.07, 6.45) is 1.75. The highest BCUT2D eigenvalue weighted by Gasteiger charge is 2.51. The van der Waals surface area contributed by atoms with Crippen molar-refractivity contribution in [3.63, 3.8) is 0 Å². The molecule has 2 aromatic heterocycles. The van der Waals surface area contributed by atoms with Gasteiger partial charge in [-0.3, -0.25) is 0 Å². The molecule has 0 aliphatic carbocycles. The van der Waals surface area contributed by atoms with Gasteiger partial charge >= 0.3 is 7.12 Å². The summed E-state index contributed by atoms with van der Waals surface area (Å²) in [6, 6.07) is 3.05. The smallest absolute Gasteiger partial charge is 0.399 e. The van der Waals surface area contributed by atoms with Crippen molar-refractivity contribution in [1.29, 1.82) is 0 Å². The van der Waals surface area contributed by atoms with E-state index in [1.54, 1.807) is 11.0 Å². The van der Waals surface area contributed by atoms with Crippen molar-refractivity contribution in [3.8, 4) is 0 Å². The van der Waals surface area contributed by atoms with Gasteiger partial charge in [-0.15, -0.1) is 10.2 Å². The first-order valence-electron chi connectivity index (χ1n) is 9.11. The monoisotopic (exact) mass is 376 g/mol. The number of pyridine rings is 1. The lowest BCUT2D eigenvalue weighted by molar-refractivity contribution is 0.00578. The molecule has 0 unspecified atom stereocenters. The fourth-order valence-electron chi connectivity index (χ4n) is 2.56. The van der Waals surface area contributed by atoms with E-state index in [4.69, 9.17) is 14.0 Å². The molecular weight excluding hydrogens is 347 g/mol. The van der Waals surface area contributed by atoms with Crippen LogP contribution in [0, 0.1) is 0 Å². The van der Waals surface area contributed by atoms with Gasteiger partial charge in [-0.25, -0.2) is 4.98 Å². The number of aromatic nitrogens is 4. The zero-order valence-corrected chi connectivity index (χ0v) is 17.9. The Bertz CT molecular complexity index is 772. The standard InChI is InChI=1S/C17H29BN4O3Si/c1-16(2)17(3,4)25-18(24-16)13-10-14-15(19-11-13)21-22(20-14)12-23-8-9-26(5,6)7/h10-11H,8-9,12H2,1-7H3. The predicted molar refractivity (Wildman–Crippen MR) is 105 cm³/mol. The molecule has 0 radical (unpaired) electrons. The van der Waals surface area contributed by atoms with Crippen molar-refractivity contribution in [2.45, 2.75) is 71.3 Å². The molecule has 26 heavy (non-hydrogen) atoms. The van der Waals surface area contributed by atoms with Gasteiger partial charge in [0.25, 0.3) is 0 Å². The second-order valence-electron chi connectivity index (χ2n) is 9.12. The summed E-state index contributed by atoms with van der Waals surface area (Å²) >= 11 is 0. The van der Waals surface area contributed by atoms with E-state index in [1.807, 2.05) is 33.8 Å². The third-order valence-electron chi connectivity index (χ3n) is 5.03. The number of rotatable bonds is 6. The molecule has 1 saturated heterocycles. The minimum atomic E-state index is -1.09. The first kappa shape index (κ1) is 19.5. The zero-order chi connectivity index (χ0) is 19.2. The number of hydrogen-bond donors (Lipinski definition) is 0. The molecule has 0 atom stereocenters. The van der Waals surface area contributed by atoms with Crippen molar-refractivity contribution in [1.82, 2.24) is 20.0 Å². The quantitative estimate of drug-likeness (QED) is 0.570. The Hall–Kier alpha value is -1.29. The van der Waals surface area contributed by atoms with Gasteiger partial charge in [0.2, 0.25) is 5.65 Å². The maximum Gasteiger partial charge on any atom is 0.496 e. The van der Waals surface area contributed by atoms with Crippen molar-refractivity contribution in [3.05, 3.63) is 12.3 Å². The van der Waals surface area contributed by atoms with E-state index in [1.165, 1.54) is 0 Å². The van der Waals surface area contributed by atoms with Crippen LogP contribution in [0.2, 0.25) is 25.7 Å². The Morgan fingerprint density at radius 1 is 1.12 bits per heavy atom. The summed E-state index contributed by atoms with van der Waals surface area (Å²) in [5, 5.41) is 8.84. The average Bonchev–Trinajstić information content (AvgIpc) is 3.00. The van der Waals surface area contributed by atoms with Crippen LogP contribution in [0.4, 0.5) is 0 Å². The summed E-state index contributed by atoms with van der Waals surface area (Å²) in [7, 11) is -1.54. The zero-order valence-electron chi connectivity index (χ0n) is 16.9. The summed E-state index contributed by atoms with van der Waals surface area (Å²) in [5.41, 5.74) is 1.40. The van der Waals surface area contributed by atoms with Crippen LogP contribution < -0.4 is 5.46 Å². The largest absolute Gasteiger partial charge is 0.496 e. The number of fused-ring (bicyclic) bond motifs is 1. The van der Waals surface area contributed by atoms with E-state index >= 15 is 0 Å². The van der Waals surface area contributed by atoms with Gasteiger partial charge in [0.1, 0.15) is 5.52 Å². The lowest BCUT2D eigenvalue weighted by Crippen LogP contribution is -2.41. The molecule has 1 aliphatic rings. The van der Waals surface area contributed by atoms with Gasteiger partial charge in [0, 0.05) is 26.3 Å². The molecule has 3 rings (SSSR count). The van der Waals surface area contributed by atoms with Crippen molar-refractivity contribution in [2.75, 3.05) is 6.61 Å². The predicted octanol–water partition coefficient (Wildman–Crippen LogP) is 2.44. The minimum absolute atomic E-state index is 0.340. The summed E-state index contributed by atoms with van der Waals surface area (Å²) in [4.78, 5) is 5.96. The van der Waals surface area contributed by atoms with E-state index in [0.29, 0.717) is 17.9 Å². The third-order valence-corrected chi connectivity index (χ3v) is 6.73. The van der Waals surface area contributed by atoms with Crippen molar-refractivity contribution >= 4 is 31.8 Å². The maximum absolute atomic E-state index is 6.08. The molecule has 0 bridgehead atoms. The Kier molecular flexibility index (Phi) is 5.02. The summed E-state index contributed by atoms with van der Waals surface area (Å²) in [6.45, 7) is 16.2. The van der Waals surface area contributed by atoms with Gasteiger partial charge in [-0.2, -0.15) is 4.80 Å². The van der Waals surface area contributed by atoms with Crippen LogP contribution >= 0.6 is 0 Å². The summed E-state index contributed by atoms with van der Waals surface area (Å²) < 4.78 is 17.9. The molecule has 0 saturated carbocycles. The van der Waals surface area contributed by atoms with E-state index < -0.39 is 15.2 Å². The molecule has 7 nitrogen and oxygen atoms in total. The molecule has 0 N–H and O–H groups in total. The molecule has 142 valence electrons. The second-order valence-corrected chi connectivity index (χ2v) is 14.7. The van der Waals surface area contributed by atoms with Crippen molar-refractivity contribution in [2.24, 2.45) is 0 Å². The Morgan fingerprint density at radius 3 is 2.38 bits per heavy atom. The number of hydrogen-bond acceptors (Lipinski definition) is 6. The lowest BCUT2D eigenvalue weighted by atomic mass is 9.80. The number of ether oxygens (including phenoxy) is 1. The van der Waals surface area contributed by atoms with E-state index in [9.17, 15) is 0 Å². The van der Waals surface area contributed by atoms with Crippen LogP contribution in [0.25, 0.3) is 11.2 Å². The highest BCUT2D eigenvalue weighted by Crippen LogP contribution is 2.36. The van der Waals surface area contributed by atoms with Gasteiger partial charge in [0.15, 0.2) is 6.73 Å². The average molecular weight is 376 g/mol. The van der Waals surface area contributed by atoms with Crippen LogP contribution in [0.5, 0.6) is 0 Å². The van der Waals surface area contributed by atoms with Gasteiger partial charge in [-0.1, -0.05) is 19.6 Å². The van der Waals surface area contributed by atoms with Crippen LogP contribution in [0.3, 0.4) is 0 Å². The molecule has 0 aromatic carbocycles. The third kappa shape index (κ3) is 4.16. The Labute approximate surface area is 156 Å². The molecule has 1 fully saturated rings. The van der Waals surface area contributed by atoms with Gasteiger partial charge in [0.05, 0.1) is 11.2 Å². The molecule has 3 heterocycles. The first-order chi connectivity index (χ1) is 12.0. The molecular formula is C17H29BN4O3Si. The fourth-order valence-corrected chi connectivity index (χ4v) is 3.32. The second kappa shape index (κ2) is 6.70. The van der Waals surface area contributed by atoms with Crippen LogP contribution in [-0.2, 0) is 20.8 Å². The fraction of sp³-hybridized carbons (Fsp3) is 0.706. The molecule has 0 amide bonds. The molecule has 9 heteroatoms.